The normalized spacial score (nSPS) is 10.5. The van der Waals surface area contributed by atoms with E-state index in [9.17, 15) is 9.59 Å². The Hall–Kier alpha value is -2.70. The van der Waals surface area contributed by atoms with Crippen molar-refractivity contribution >= 4 is 11.8 Å². The highest BCUT2D eigenvalue weighted by Crippen LogP contribution is 1.98. The minimum atomic E-state index is -0.0873. The largest absolute Gasteiger partial charge is 0.351 e. The molecule has 0 bridgehead atoms. The highest BCUT2D eigenvalue weighted by molar-refractivity contribution is 5.94. The lowest BCUT2D eigenvalue weighted by Crippen LogP contribution is -2.41. The molecule has 26 heavy (non-hydrogen) atoms. The standard InChI is InChI=1S/C20H26N4O2/c21-11-14-24(15-12-22-19(25)17-7-3-1-4-8-17)16-13-23-20(26)18-9-5-2-6-10-18/h1-10H,11-16,21H2,(H,22,25)(H,23,26). The van der Waals surface area contributed by atoms with Crippen molar-refractivity contribution in [1.82, 2.24) is 15.5 Å². The lowest BCUT2D eigenvalue weighted by molar-refractivity contribution is 0.0948. The lowest BCUT2D eigenvalue weighted by atomic mass is 10.2. The molecule has 2 aromatic carbocycles. The molecular formula is C20H26N4O2. The molecule has 0 aliphatic rings. The van der Waals surface area contributed by atoms with Crippen LogP contribution < -0.4 is 16.4 Å². The van der Waals surface area contributed by atoms with Gasteiger partial charge in [0.25, 0.3) is 11.8 Å². The van der Waals surface area contributed by atoms with Crippen LogP contribution in [0.2, 0.25) is 0 Å². The summed E-state index contributed by atoms with van der Waals surface area (Å²) in [4.78, 5) is 26.2. The van der Waals surface area contributed by atoms with Gasteiger partial charge >= 0.3 is 0 Å². The summed E-state index contributed by atoms with van der Waals surface area (Å²) >= 11 is 0. The molecule has 0 atom stereocenters. The van der Waals surface area contributed by atoms with Gasteiger partial charge in [-0.1, -0.05) is 36.4 Å². The fraction of sp³-hybridized carbons (Fsp3) is 0.300. The minimum Gasteiger partial charge on any atom is -0.351 e. The molecule has 0 aliphatic carbocycles. The minimum absolute atomic E-state index is 0.0873. The van der Waals surface area contributed by atoms with Crippen LogP contribution in [0.1, 0.15) is 20.7 Å². The fourth-order valence-corrected chi connectivity index (χ4v) is 2.56. The van der Waals surface area contributed by atoms with Crippen molar-refractivity contribution in [3.05, 3.63) is 71.8 Å². The van der Waals surface area contributed by atoms with Gasteiger partial charge in [0, 0.05) is 50.4 Å². The van der Waals surface area contributed by atoms with Crippen LogP contribution in [0, 0.1) is 0 Å². The molecule has 4 N–H and O–H groups in total. The molecule has 0 fully saturated rings. The van der Waals surface area contributed by atoms with Crippen molar-refractivity contribution in [3.63, 3.8) is 0 Å². The third kappa shape index (κ3) is 6.66. The maximum Gasteiger partial charge on any atom is 0.251 e. The molecule has 0 heterocycles. The maximum atomic E-state index is 12.0. The first kappa shape index (κ1) is 19.6. The first-order chi connectivity index (χ1) is 12.7. The Bertz CT molecular complexity index is 619. The molecule has 0 unspecified atom stereocenters. The van der Waals surface area contributed by atoms with E-state index in [2.05, 4.69) is 15.5 Å². The number of hydrogen-bond donors (Lipinski definition) is 3. The maximum absolute atomic E-state index is 12.0. The van der Waals surface area contributed by atoms with Gasteiger partial charge in [0.1, 0.15) is 0 Å². The van der Waals surface area contributed by atoms with E-state index < -0.39 is 0 Å². The van der Waals surface area contributed by atoms with Crippen molar-refractivity contribution in [2.24, 2.45) is 5.73 Å². The van der Waals surface area contributed by atoms with Crippen LogP contribution in [-0.2, 0) is 0 Å². The Kier molecular flexibility index (Phi) is 8.32. The number of rotatable bonds is 10. The third-order valence-electron chi connectivity index (χ3n) is 3.94. The highest BCUT2D eigenvalue weighted by Gasteiger charge is 2.08. The van der Waals surface area contributed by atoms with E-state index in [0.717, 1.165) is 0 Å². The van der Waals surface area contributed by atoms with E-state index in [4.69, 9.17) is 5.73 Å². The molecule has 0 aromatic heterocycles. The Morgan fingerprint density at radius 1 is 0.731 bits per heavy atom. The van der Waals surface area contributed by atoms with Crippen molar-refractivity contribution in [2.45, 2.75) is 0 Å². The van der Waals surface area contributed by atoms with Crippen molar-refractivity contribution in [3.8, 4) is 0 Å². The van der Waals surface area contributed by atoms with E-state index >= 15 is 0 Å². The van der Waals surface area contributed by atoms with Gasteiger partial charge in [-0.2, -0.15) is 0 Å². The van der Waals surface area contributed by atoms with Crippen molar-refractivity contribution in [1.29, 1.82) is 0 Å². The lowest BCUT2D eigenvalue weighted by Gasteiger charge is -2.22. The summed E-state index contributed by atoms with van der Waals surface area (Å²) in [7, 11) is 0. The first-order valence-electron chi connectivity index (χ1n) is 8.79. The second-order valence-electron chi connectivity index (χ2n) is 5.87. The third-order valence-corrected chi connectivity index (χ3v) is 3.94. The summed E-state index contributed by atoms with van der Waals surface area (Å²) in [5, 5.41) is 5.81. The number of nitrogens with one attached hydrogen (secondary N) is 2. The molecule has 2 amide bonds. The summed E-state index contributed by atoms with van der Waals surface area (Å²) in [6.07, 6.45) is 0. The van der Waals surface area contributed by atoms with E-state index in [0.29, 0.717) is 50.4 Å². The first-order valence-corrected chi connectivity index (χ1v) is 8.79. The van der Waals surface area contributed by atoms with Gasteiger partial charge < -0.3 is 16.4 Å². The number of nitrogens with zero attached hydrogens (tertiary/aromatic N) is 1. The smallest absolute Gasteiger partial charge is 0.251 e. The van der Waals surface area contributed by atoms with Crippen LogP contribution in [-0.4, -0.2) is 56.0 Å². The summed E-state index contributed by atoms with van der Waals surface area (Å²) in [6.45, 7) is 3.65. The molecule has 0 saturated heterocycles. The van der Waals surface area contributed by atoms with Crippen molar-refractivity contribution < 1.29 is 9.59 Å². The molecule has 6 heteroatoms. The summed E-state index contributed by atoms with van der Waals surface area (Å²) in [5.74, 6) is -0.175. The zero-order valence-electron chi connectivity index (χ0n) is 14.9. The van der Waals surface area contributed by atoms with E-state index in [1.165, 1.54) is 0 Å². The molecule has 0 aliphatic heterocycles. The van der Waals surface area contributed by atoms with Gasteiger partial charge in [-0.05, 0) is 24.3 Å². The second kappa shape index (κ2) is 11.0. The van der Waals surface area contributed by atoms with E-state index in [1.54, 1.807) is 24.3 Å². The highest BCUT2D eigenvalue weighted by atomic mass is 16.2. The number of hydrogen-bond acceptors (Lipinski definition) is 4. The molecular weight excluding hydrogens is 328 g/mol. The Balaban J connectivity index is 1.71. The zero-order chi connectivity index (χ0) is 18.6. The van der Waals surface area contributed by atoms with Gasteiger partial charge in [0.2, 0.25) is 0 Å². The van der Waals surface area contributed by atoms with E-state index in [1.807, 2.05) is 36.4 Å². The SMILES string of the molecule is NCCN(CCNC(=O)c1ccccc1)CCNC(=O)c1ccccc1. The van der Waals surface area contributed by atoms with Crippen LogP contribution in [0.5, 0.6) is 0 Å². The van der Waals surface area contributed by atoms with Crippen molar-refractivity contribution in [2.75, 3.05) is 39.3 Å². The summed E-state index contributed by atoms with van der Waals surface area (Å²) in [6, 6.07) is 18.2. The predicted molar refractivity (Wildman–Crippen MR) is 103 cm³/mol. The van der Waals surface area contributed by atoms with Gasteiger partial charge in [-0.25, -0.2) is 0 Å². The second-order valence-corrected chi connectivity index (χ2v) is 5.87. The number of carbonyl (C=O) groups is 2. The molecule has 2 rings (SSSR count). The quantitative estimate of drug-likeness (QED) is 0.596. The molecule has 0 radical (unpaired) electrons. The number of amides is 2. The monoisotopic (exact) mass is 354 g/mol. The van der Waals surface area contributed by atoms with Crippen LogP contribution in [0.3, 0.4) is 0 Å². The summed E-state index contributed by atoms with van der Waals surface area (Å²) < 4.78 is 0. The number of nitrogens with two attached hydrogens (primary N) is 1. The average Bonchev–Trinajstić information content (AvgIpc) is 2.69. The Morgan fingerprint density at radius 2 is 1.15 bits per heavy atom. The molecule has 0 spiro atoms. The molecule has 2 aromatic rings. The molecule has 138 valence electrons. The van der Waals surface area contributed by atoms with E-state index in [-0.39, 0.29) is 11.8 Å². The Labute approximate surface area is 154 Å². The summed E-state index contributed by atoms with van der Waals surface area (Å²) in [5.41, 5.74) is 6.95. The Morgan fingerprint density at radius 3 is 1.54 bits per heavy atom. The van der Waals surface area contributed by atoms with Crippen LogP contribution in [0.4, 0.5) is 0 Å². The predicted octanol–water partition coefficient (Wildman–Crippen LogP) is 1.11. The van der Waals surface area contributed by atoms with Gasteiger partial charge in [-0.3, -0.25) is 14.5 Å². The topological polar surface area (TPSA) is 87.5 Å². The number of carbonyl (C=O) groups excluding carboxylic acids is 2. The zero-order valence-corrected chi connectivity index (χ0v) is 14.9. The molecule has 6 nitrogen and oxygen atoms in total. The van der Waals surface area contributed by atoms with Gasteiger partial charge in [0.15, 0.2) is 0 Å². The average molecular weight is 354 g/mol. The van der Waals surface area contributed by atoms with Gasteiger partial charge in [0.05, 0.1) is 0 Å². The molecule has 0 saturated carbocycles. The van der Waals surface area contributed by atoms with Crippen LogP contribution >= 0.6 is 0 Å². The number of benzene rings is 2. The van der Waals surface area contributed by atoms with Crippen LogP contribution in [0.25, 0.3) is 0 Å². The van der Waals surface area contributed by atoms with Gasteiger partial charge in [-0.15, -0.1) is 0 Å². The van der Waals surface area contributed by atoms with Crippen LogP contribution in [0.15, 0.2) is 60.7 Å². The fourth-order valence-electron chi connectivity index (χ4n) is 2.56.